The number of piperidine rings is 4. The highest BCUT2D eigenvalue weighted by Gasteiger charge is 2.46. The van der Waals surface area contributed by atoms with Crippen molar-refractivity contribution in [2.75, 3.05) is 63.9 Å². The third kappa shape index (κ3) is 9.87. The summed E-state index contributed by atoms with van der Waals surface area (Å²) < 4.78 is 47.9. The molecule has 74 heavy (non-hydrogen) atoms. The predicted molar refractivity (Wildman–Crippen MR) is 280 cm³/mol. The minimum atomic E-state index is -1.02. The average Bonchev–Trinajstić information content (AvgIpc) is 4.06. The van der Waals surface area contributed by atoms with E-state index in [9.17, 15) is 19.8 Å². The van der Waals surface area contributed by atoms with Crippen LogP contribution in [0.2, 0.25) is 0 Å². The van der Waals surface area contributed by atoms with Crippen molar-refractivity contribution >= 4 is 50.2 Å². The number of carbonyl (C=O) groups is 2. The molecule has 3 aromatic heterocycles. The van der Waals surface area contributed by atoms with E-state index < -0.39 is 23.2 Å². The summed E-state index contributed by atoms with van der Waals surface area (Å²) >= 11 is 0. The first-order chi connectivity index (χ1) is 35.6. The van der Waals surface area contributed by atoms with E-state index in [4.69, 9.17) is 29.5 Å². The summed E-state index contributed by atoms with van der Waals surface area (Å²) in [5.74, 6) is -0.734. The SMILES string of the molecule is CCc1c(F)ccc2cc(O)cc(-c3nc(OC(C)C)c4c(N5CCC[C@@](C)(O)C5)nc(OCC5(CN6CCC(CN7CCC(c8cccc9c(C%10CCC(=O)NC%10=O)nn(C)c89)CC7)CC6)CC5)nc4c3F)c12. The number of rotatable bonds is 14. The van der Waals surface area contributed by atoms with E-state index in [1.165, 1.54) is 23.8 Å². The number of benzene rings is 3. The van der Waals surface area contributed by atoms with Crippen LogP contribution in [0.3, 0.4) is 0 Å². The van der Waals surface area contributed by atoms with Crippen LogP contribution < -0.4 is 19.7 Å². The zero-order valence-electron chi connectivity index (χ0n) is 43.4. The Bertz CT molecular complexity index is 3140. The molecule has 6 aromatic rings. The van der Waals surface area contributed by atoms with E-state index in [0.29, 0.717) is 79.2 Å². The molecule has 2 amide bonds. The van der Waals surface area contributed by atoms with Crippen LogP contribution in [0, 0.1) is 23.0 Å². The molecule has 0 spiro atoms. The lowest BCUT2D eigenvalue weighted by Crippen LogP contribution is -2.46. The smallest absolute Gasteiger partial charge is 0.319 e. The molecule has 1 saturated carbocycles. The fraction of sp³-hybridized carbons (Fsp3) is 0.544. The number of nitrogens with one attached hydrogen (secondary N) is 1. The molecule has 1 aliphatic carbocycles. The van der Waals surface area contributed by atoms with Crippen LogP contribution >= 0.6 is 0 Å². The fourth-order valence-corrected chi connectivity index (χ4v) is 12.6. The zero-order chi connectivity index (χ0) is 51.6. The van der Waals surface area contributed by atoms with Gasteiger partial charge < -0.3 is 34.4 Å². The molecule has 1 unspecified atom stereocenters. The molecule has 7 heterocycles. The Morgan fingerprint density at radius 2 is 1.69 bits per heavy atom. The molecule has 2 atom stereocenters. The number of hydrogen-bond acceptors (Lipinski definition) is 13. The van der Waals surface area contributed by atoms with Crippen molar-refractivity contribution in [2.24, 2.45) is 18.4 Å². The van der Waals surface area contributed by atoms with Crippen molar-refractivity contribution in [3.63, 3.8) is 0 Å². The van der Waals surface area contributed by atoms with E-state index in [1.54, 1.807) is 13.0 Å². The Labute approximate surface area is 430 Å². The van der Waals surface area contributed by atoms with Crippen LogP contribution in [-0.2, 0) is 23.1 Å². The van der Waals surface area contributed by atoms with Crippen molar-refractivity contribution in [1.29, 1.82) is 0 Å². The molecular formula is C57H69F2N9O6. The number of carbonyl (C=O) groups excluding carboxylic acids is 2. The van der Waals surface area contributed by atoms with Gasteiger partial charge in [0.1, 0.15) is 34.0 Å². The quantitative estimate of drug-likeness (QED) is 0.0887. The average molecular weight is 1010 g/mol. The summed E-state index contributed by atoms with van der Waals surface area (Å²) in [6, 6.07) is 12.3. The van der Waals surface area contributed by atoms with Gasteiger partial charge in [-0.05, 0) is 163 Å². The van der Waals surface area contributed by atoms with Gasteiger partial charge >= 0.3 is 6.01 Å². The van der Waals surface area contributed by atoms with Crippen LogP contribution in [0.1, 0.15) is 121 Å². The van der Waals surface area contributed by atoms with Gasteiger partial charge in [-0.3, -0.25) is 19.6 Å². The standard InChI is InChI=1S/C57H69F2N9O6/c1-6-38-43(58)13-11-36-27-37(69)28-42(45(36)38)49-47(59)50-46(54(61-49)74-33(2)3)52(68-22-8-19-56(4,72)30-68)63-55(62-50)73-32-57(20-21-57)31-67-23-15-34(16-24-67)29-66-25-17-35(18-26-66)39-9-7-10-40-48(64-65(5)51(39)40)41-12-14-44(70)60-53(41)71/h7,9-11,13,27-28,33-35,41,69,72H,6,8,12,14-26,29-32H2,1-5H3,(H,60,70,71)/t41?,56-/m1/s1. The first kappa shape index (κ1) is 50.1. The van der Waals surface area contributed by atoms with E-state index in [1.807, 2.05) is 37.4 Å². The number of phenols is 1. The summed E-state index contributed by atoms with van der Waals surface area (Å²) in [7, 11) is 1.96. The molecule has 17 heteroatoms. The summed E-state index contributed by atoms with van der Waals surface area (Å²) in [6.45, 7) is 14.6. The van der Waals surface area contributed by atoms with E-state index in [-0.39, 0.29) is 69.7 Å². The second-order valence-electron chi connectivity index (χ2n) is 22.6. The molecular weight excluding hydrogens is 945 g/mol. The molecule has 3 N–H and O–H groups in total. The highest BCUT2D eigenvalue weighted by molar-refractivity contribution is 6.04. The molecule has 11 rings (SSSR count). The number of hydrogen-bond donors (Lipinski definition) is 3. The van der Waals surface area contributed by atoms with E-state index >= 15 is 8.78 Å². The number of aliphatic hydroxyl groups is 1. The number of aryl methyl sites for hydroxylation is 2. The number of amides is 2. The lowest BCUT2D eigenvalue weighted by atomic mass is 9.86. The fourth-order valence-electron chi connectivity index (χ4n) is 12.6. The summed E-state index contributed by atoms with van der Waals surface area (Å²) in [5, 5.41) is 31.8. The van der Waals surface area contributed by atoms with Crippen LogP contribution in [0.25, 0.3) is 43.8 Å². The number of para-hydroxylation sites is 1. The van der Waals surface area contributed by atoms with Gasteiger partial charge in [-0.2, -0.15) is 15.1 Å². The van der Waals surface area contributed by atoms with Crippen LogP contribution in [0.15, 0.2) is 42.5 Å². The number of ether oxygens (including phenoxy) is 2. The third-order valence-electron chi connectivity index (χ3n) is 16.6. The summed E-state index contributed by atoms with van der Waals surface area (Å²) in [4.78, 5) is 46.4. The van der Waals surface area contributed by atoms with Crippen molar-refractivity contribution in [3.8, 4) is 28.9 Å². The molecule has 4 aliphatic heterocycles. The molecule has 0 bridgehead atoms. The highest BCUT2D eigenvalue weighted by atomic mass is 19.1. The summed E-state index contributed by atoms with van der Waals surface area (Å²) in [5.41, 5.74) is 2.44. The van der Waals surface area contributed by atoms with Crippen LogP contribution in [-0.4, -0.2) is 127 Å². The second kappa shape index (κ2) is 19.9. The molecule has 15 nitrogen and oxygen atoms in total. The number of aromatic hydroxyl groups is 1. The van der Waals surface area contributed by atoms with Gasteiger partial charge in [0.25, 0.3) is 0 Å². The van der Waals surface area contributed by atoms with Gasteiger partial charge in [0.15, 0.2) is 5.82 Å². The Kier molecular flexibility index (Phi) is 13.5. The van der Waals surface area contributed by atoms with Gasteiger partial charge in [-0.25, -0.2) is 13.8 Å². The molecule has 0 radical (unpaired) electrons. The topological polar surface area (TPSA) is 171 Å². The highest BCUT2D eigenvalue weighted by Crippen LogP contribution is 2.48. The molecule has 5 fully saturated rings. The number of imide groups is 1. The number of phenolic OH excluding ortho intramolecular Hbond substituents is 1. The largest absolute Gasteiger partial charge is 0.508 e. The minimum Gasteiger partial charge on any atom is -0.508 e. The number of halogens is 2. The van der Waals surface area contributed by atoms with E-state index in [2.05, 4.69) is 33.3 Å². The number of likely N-dealkylation sites (tertiary alicyclic amines) is 2. The van der Waals surface area contributed by atoms with Gasteiger partial charge in [-0.15, -0.1) is 0 Å². The first-order valence-corrected chi connectivity index (χ1v) is 26.9. The summed E-state index contributed by atoms with van der Waals surface area (Å²) in [6.07, 6.45) is 8.43. The van der Waals surface area contributed by atoms with Gasteiger partial charge in [0.05, 0.1) is 35.4 Å². The van der Waals surface area contributed by atoms with Crippen molar-refractivity contribution < 1.29 is 38.1 Å². The molecule has 3 aromatic carbocycles. The van der Waals surface area contributed by atoms with Gasteiger partial charge in [0.2, 0.25) is 17.7 Å². The monoisotopic (exact) mass is 1010 g/mol. The van der Waals surface area contributed by atoms with Crippen molar-refractivity contribution in [2.45, 2.75) is 122 Å². The van der Waals surface area contributed by atoms with E-state index in [0.717, 1.165) is 94.4 Å². The minimum absolute atomic E-state index is 0.0213. The number of anilines is 1. The molecule has 5 aliphatic rings. The van der Waals surface area contributed by atoms with Gasteiger partial charge in [0, 0.05) is 56.0 Å². The zero-order valence-corrected chi connectivity index (χ0v) is 43.4. The first-order valence-electron chi connectivity index (χ1n) is 26.9. The Balaban J connectivity index is 0.776. The number of pyridine rings is 1. The lowest BCUT2D eigenvalue weighted by molar-refractivity contribution is -0.134. The Hall–Kier alpha value is -6.04. The number of β-amino-alcohol motifs (C(OH)–C–C–N with tert-alkyl or cyclic N) is 1. The van der Waals surface area contributed by atoms with Crippen molar-refractivity contribution in [3.05, 3.63) is 70.9 Å². The molecule has 392 valence electrons. The lowest BCUT2D eigenvalue weighted by Gasteiger charge is -2.39. The Morgan fingerprint density at radius 3 is 2.41 bits per heavy atom. The maximum absolute atomic E-state index is 17.6. The van der Waals surface area contributed by atoms with Crippen LogP contribution in [0.4, 0.5) is 14.6 Å². The Morgan fingerprint density at radius 1 is 0.919 bits per heavy atom. The normalized spacial score (nSPS) is 22.3. The van der Waals surface area contributed by atoms with Crippen LogP contribution in [0.5, 0.6) is 17.6 Å². The maximum Gasteiger partial charge on any atom is 0.319 e. The number of nitrogens with zero attached hydrogens (tertiary/aromatic N) is 8. The number of fused-ring (bicyclic) bond motifs is 3. The maximum atomic E-state index is 17.6. The predicted octanol–water partition coefficient (Wildman–Crippen LogP) is 8.69. The molecule has 4 saturated heterocycles. The number of aromatic nitrogens is 5. The van der Waals surface area contributed by atoms with Crippen molar-refractivity contribution in [1.82, 2.24) is 39.8 Å². The van der Waals surface area contributed by atoms with Gasteiger partial charge in [-0.1, -0.05) is 31.2 Å². The third-order valence-corrected chi connectivity index (χ3v) is 16.6. The second-order valence-corrected chi connectivity index (χ2v) is 22.6.